The fourth-order valence-electron chi connectivity index (χ4n) is 8.11. The second-order valence-electron chi connectivity index (χ2n) is 13.7. The smallest absolute Gasteiger partial charge is 0.306 e. The number of aliphatic hydroxyl groups is 1. The Kier molecular flexibility index (Phi) is 11.9. The molecule has 52 heavy (non-hydrogen) atoms. The fourth-order valence-corrected chi connectivity index (χ4v) is 9.05. The summed E-state index contributed by atoms with van der Waals surface area (Å²) in [6.07, 6.45) is 5.46. The van der Waals surface area contributed by atoms with Crippen molar-refractivity contribution in [3.05, 3.63) is 104 Å². The molecule has 0 saturated carbocycles. The van der Waals surface area contributed by atoms with Gasteiger partial charge in [0.15, 0.2) is 0 Å². The number of hydrogen-bond acceptors (Lipinski definition) is 7. The Bertz CT molecular complexity index is 1800. The van der Waals surface area contributed by atoms with Gasteiger partial charge in [-0.05, 0) is 60.6 Å². The largest absolute Gasteiger partial charge is 0.463 e. The summed E-state index contributed by atoms with van der Waals surface area (Å²) in [4.78, 5) is 59.5. The number of aliphatic hydroxyl groups excluding tert-OH is 1. The Morgan fingerprint density at radius 2 is 1.79 bits per heavy atom. The van der Waals surface area contributed by atoms with E-state index in [-0.39, 0.29) is 49.4 Å². The molecule has 274 valence electrons. The van der Waals surface area contributed by atoms with Crippen molar-refractivity contribution in [2.45, 2.75) is 67.1 Å². The van der Waals surface area contributed by atoms with Gasteiger partial charge in [-0.1, -0.05) is 88.7 Å². The van der Waals surface area contributed by atoms with Gasteiger partial charge < -0.3 is 29.7 Å². The highest BCUT2D eigenvalue weighted by molar-refractivity contribution is 9.09. The van der Waals surface area contributed by atoms with E-state index in [1.54, 1.807) is 22.0 Å². The number of fused-ring (bicyclic) bond motifs is 2. The van der Waals surface area contributed by atoms with Crippen molar-refractivity contribution >= 4 is 56.1 Å². The molecule has 3 fully saturated rings. The Labute approximate surface area is 313 Å². The van der Waals surface area contributed by atoms with Crippen LogP contribution in [0.15, 0.2) is 98.1 Å². The van der Waals surface area contributed by atoms with Gasteiger partial charge in [-0.25, -0.2) is 0 Å². The van der Waals surface area contributed by atoms with Gasteiger partial charge in [0.1, 0.15) is 18.2 Å². The Hall–Kier alpha value is -4.32. The molecule has 10 nitrogen and oxygen atoms in total. The third-order valence-corrected chi connectivity index (χ3v) is 11.3. The molecule has 3 aromatic rings. The van der Waals surface area contributed by atoms with Gasteiger partial charge in [0, 0.05) is 36.6 Å². The summed E-state index contributed by atoms with van der Waals surface area (Å²) in [5, 5.41) is 14.5. The van der Waals surface area contributed by atoms with E-state index in [2.05, 4.69) is 34.4 Å². The zero-order valence-corrected chi connectivity index (χ0v) is 30.8. The van der Waals surface area contributed by atoms with Crippen molar-refractivity contribution in [1.29, 1.82) is 0 Å². The second-order valence-corrected chi connectivity index (χ2v) is 14.9. The van der Waals surface area contributed by atoms with Gasteiger partial charge in [-0.3, -0.25) is 19.2 Å². The number of alkyl halides is 1. The van der Waals surface area contributed by atoms with Crippen LogP contribution in [0, 0.1) is 11.8 Å². The van der Waals surface area contributed by atoms with E-state index in [4.69, 9.17) is 9.47 Å². The molecule has 0 radical (unpaired) electrons. The number of likely N-dealkylation sites (tertiary alicyclic amines) is 1. The SMILES string of the molecule is C=CCCC(=O)OC[C@H](NC(=O)[C@H]1[C@@H]2O[C@@]3(CC2Br)[C@@H]1C(=O)N(CCCCCO)[C@@H]3C(=O)N(CC=C)c1ccc2ccccc2c1)c1ccccc1. The zero-order chi connectivity index (χ0) is 36.8. The van der Waals surface area contributed by atoms with Crippen molar-refractivity contribution < 1.29 is 33.8 Å². The number of esters is 1. The molecule has 6 rings (SSSR count). The molecule has 7 atom stereocenters. The number of halogens is 1. The van der Waals surface area contributed by atoms with Gasteiger partial charge >= 0.3 is 5.97 Å². The number of benzene rings is 3. The lowest BCUT2D eigenvalue weighted by Crippen LogP contribution is -2.57. The molecule has 3 saturated heterocycles. The molecule has 3 heterocycles. The lowest BCUT2D eigenvalue weighted by atomic mass is 9.70. The number of nitrogens with zero attached hydrogens (tertiary/aromatic N) is 2. The molecule has 3 amide bonds. The van der Waals surface area contributed by atoms with E-state index in [0.29, 0.717) is 37.8 Å². The van der Waals surface area contributed by atoms with Crippen molar-refractivity contribution in [3.63, 3.8) is 0 Å². The van der Waals surface area contributed by atoms with Gasteiger partial charge in [0.25, 0.3) is 5.91 Å². The lowest BCUT2D eigenvalue weighted by Gasteiger charge is -2.37. The van der Waals surface area contributed by atoms with Crippen LogP contribution in [0.4, 0.5) is 5.69 Å². The van der Waals surface area contributed by atoms with Crippen LogP contribution in [0.1, 0.15) is 50.1 Å². The van der Waals surface area contributed by atoms with Crippen molar-refractivity contribution in [3.8, 4) is 0 Å². The first-order chi connectivity index (χ1) is 25.2. The predicted octanol–water partition coefficient (Wildman–Crippen LogP) is 5.64. The number of nitrogens with one attached hydrogen (secondary N) is 1. The van der Waals surface area contributed by atoms with Crippen molar-refractivity contribution in [1.82, 2.24) is 10.2 Å². The summed E-state index contributed by atoms with van der Waals surface area (Å²) in [7, 11) is 0. The highest BCUT2D eigenvalue weighted by Crippen LogP contribution is 2.60. The number of unbranched alkanes of at least 4 members (excludes halogenated alkanes) is 2. The normalized spacial score (nSPS) is 25.1. The van der Waals surface area contributed by atoms with Crippen LogP contribution in [0.5, 0.6) is 0 Å². The van der Waals surface area contributed by atoms with E-state index in [1.807, 2.05) is 72.8 Å². The molecule has 0 aliphatic carbocycles. The number of hydrogen-bond donors (Lipinski definition) is 2. The van der Waals surface area contributed by atoms with Crippen LogP contribution >= 0.6 is 15.9 Å². The Balaban J connectivity index is 1.33. The van der Waals surface area contributed by atoms with Gasteiger partial charge in [0.2, 0.25) is 11.8 Å². The minimum Gasteiger partial charge on any atom is -0.463 e. The molecule has 2 N–H and O–H groups in total. The van der Waals surface area contributed by atoms with Crippen molar-refractivity contribution in [2.24, 2.45) is 11.8 Å². The maximum absolute atomic E-state index is 15.0. The number of carbonyl (C=O) groups is 4. The number of allylic oxidation sites excluding steroid dienone is 1. The third kappa shape index (κ3) is 7.31. The van der Waals surface area contributed by atoms with Crippen LogP contribution in [-0.4, -0.2) is 82.6 Å². The first-order valence-corrected chi connectivity index (χ1v) is 18.9. The third-order valence-electron chi connectivity index (χ3n) is 10.5. The Morgan fingerprint density at radius 1 is 1.04 bits per heavy atom. The van der Waals surface area contributed by atoms with Crippen LogP contribution < -0.4 is 10.2 Å². The van der Waals surface area contributed by atoms with Crippen molar-refractivity contribution in [2.75, 3.05) is 31.2 Å². The van der Waals surface area contributed by atoms with E-state index in [1.165, 1.54) is 0 Å². The maximum atomic E-state index is 15.0. The summed E-state index contributed by atoms with van der Waals surface area (Å²) in [5.41, 5.74) is 0.150. The average molecular weight is 773 g/mol. The highest BCUT2D eigenvalue weighted by atomic mass is 79.9. The number of ether oxygens (including phenoxy) is 2. The first kappa shape index (κ1) is 37.4. The van der Waals surface area contributed by atoms with Gasteiger partial charge in [-0.2, -0.15) is 0 Å². The van der Waals surface area contributed by atoms with Gasteiger partial charge in [-0.15, -0.1) is 13.2 Å². The second kappa shape index (κ2) is 16.6. The molecule has 3 aliphatic rings. The minimum absolute atomic E-state index is 0.0302. The number of amides is 3. The molecule has 3 aliphatic heterocycles. The molecule has 0 aromatic heterocycles. The topological polar surface area (TPSA) is 125 Å². The molecule has 3 aromatic carbocycles. The standard InChI is InChI=1S/C41H46BrN3O7/c1-3-5-18-33(47)51-26-32(28-15-8-6-9-16-28)43-38(48)34-35-39(49)45(22-12-7-13-23-46)37(41(35)25-31(42)36(34)52-41)40(50)44(21-4-2)30-20-19-27-14-10-11-17-29(27)24-30/h3-4,6,8-11,14-17,19-20,24,31-32,34-37,46H,1-2,5,7,12-13,18,21-23,25-26H2,(H,43,48)/t31?,32-,34+,35-,36+,37+,41-/m0/s1. The van der Waals surface area contributed by atoms with E-state index in [9.17, 15) is 19.5 Å². The first-order valence-electron chi connectivity index (χ1n) is 18.0. The molecule has 1 spiro atoms. The molecular formula is C41H46BrN3O7. The van der Waals surface area contributed by atoms with E-state index >= 15 is 4.79 Å². The maximum Gasteiger partial charge on any atom is 0.306 e. The quantitative estimate of drug-likeness (QED) is 0.0789. The van der Waals surface area contributed by atoms with Crippen LogP contribution in [0.2, 0.25) is 0 Å². The van der Waals surface area contributed by atoms with E-state index in [0.717, 1.165) is 16.3 Å². The monoisotopic (exact) mass is 771 g/mol. The molecule has 1 unspecified atom stereocenters. The fraction of sp³-hybridized carbons (Fsp3) is 0.415. The van der Waals surface area contributed by atoms with Gasteiger partial charge in [0.05, 0.1) is 24.0 Å². The van der Waals surface area contributed by atoms with Crippen LogP contribution in [0.3, 0.4) is 0 Å². The summed E-state index contributed by atoms with van der Waals surface area (Å²) in [5.74, 6) is -3.23. The minimum atomic E-state index is -1.26. The summed E-state index contributed by atoms with van der Waals surface area (Å²) < 4.78 is 12.3. The van der Waals surface area contributed by atoms with Crippen LogP contribution in [0.25, 0.3) is 10.8 Å². The van der Waals surface area contributed by atoms with E-state index < -0.39 is 47.5 Å². The zero-order valence-electron chi connectivity index (χ0n) is 29.2. The predicted molar refractivity (Wildman–Crippen MR) is 203 cm³/mol. The molecule has 11 heteroatoms. The Morgan fingerprint density at radius 3 is 2.52 bits per heavy atom. The number of carbonyl (C=O) groups excluding carboxylic acids is 4. The molecular weight excluding hydrogens is 726 g/mol. The summed E-state index contributed by atoms with van der Waals surface area (Å²) in [6, 6.07) is 21.3. The number of anilines is 1. The number of rotatable bonds is 17. The highest BCUT2D eigenvalue weighted by Gasteiger charge is 2.76. The average Bonchev–Trinajstić information content (AvgIpc) is 3.75. The summed E-state index contributed by atoms with van der Waals surface area (Å²) >= 11 is 3.77. The van der Waals surface area contributed by atoms with Crippen LogP contribution in [-0.2, 0) is 28.7 Å². The summed E-state index contributed by atoms with van der Waals surface area (Å²) in [6.45, 7) is 8.00. The molecule has 2 bridgehead atoms. The lowest BCUT2D eigenvalue weighted by molar-refractivity contribution is -0.145.